The Morgan fingerprint density at radius 1 is 1.26 bits per heavy atom. The number of carbonyl (C=O) groups is 1. The highest BCUT2D eigenvalue weighted by Crippen LogP contribution is 2.35. The molecule has 2 N–H and O–H groups in total. The lowest BCUT2D eigenvalue weighted by molar-refractivity contribution is -0.118. The first kappa shape index (κ1) is 26.9. The third kappa shape index (κ3) is 5.54. The summed E-state index contributed by atoms with van der Waals surface area (Å²) < 4.78 is 8.10. The van der Waals surface area contributed by atoms with Crippen LogP contribution in [0.3, 0.4) is 0 Å². The average molecular weight is 678 g/mol. The molecule has 12 heteroatoms. The summed E-state index contributed by atoms with van der Waals surface area (Å²) in [6.45, 7) is 0. The number of benzene rings is 2. The molecule has 0 spiro atoms. The number of phenols is 1. The second kappa shape index (κ2) is 11.6. The third-order valence-corrected chi connectivity index (χ3v) is 9.26. The maximum Gasteiger partial charge on any atom is 0.267 e. The summed E-state index contributed by atoms with van der Waals surface area (Å²) in [6.07, 6.45) is 5.38. The predicted molar refractivity (Wildman–Crippen MR) is 158 cm³/mol. The van der Waals surface area contributed by atoms with Crippen molar-refractivity contribution in [3.63, 3.8) is 0 Å². The van der Waals surface area contributed by atoms with Crippen LogP contribution in [-0.4, -0.2) is 39.6 Å². The fraction of sp³-hybridized carbons (Fsp3) is 0.231. The van der Waals surface area contributed by atoms with Crippen LogP contribution < -0.4 is 15.7 Å². The van der Waals surface area contributed by atoms with Gasteiger partial charge in [-0.25, -0.2) is 10.4 Å². The zero-order valence-electron chi connectivity index (χ0n) is 20.2. The third-order valence-electron chi connectivity index (χ3n) is 6.07. The van der Waals surface area contributed by atoms with E-state index in [0.29, 0.717) is 36.8 Å². The summed E-state index contributed by atoms with van der Waals surface area (Å²) in [4.78, 5) is 33.2. The van der Waals surface area contributed by atoms with Crippen molar-refractivity contribution in [3.8, 4) is 17.2 Å². The van der Waals surface area contributed by atoms with E-state index < -0.39 is 0 Å². The first-order valence-electron chi connectivity index (χ1n) is 11.7. The van der Waals surface area contributed by atoms with Crippen molar-refractivity contribution < 1.29 is 14.6 Å². The van der Waals surface area contributed by atoms with Crippen molar-refractivity contribution in [2.24, 2.45) is 5.10 Å². The van der Waals surface area contributed by atoms with E-state index in [1.54, 1.807) is 47.3 Å². The maximum absolute atomic E-state index is 13.8. The minimum absolute atomic E-state index is 0.00923. The van der Waals surface area contributed by atoms with Gasteiger partial charge >= 0.3 is 0 Å². The number of aryl methyl sites for hydroxylation is 2. The van der Waals surface area contributed by atoms with Gasteiger partial charge in [0.1, 0.15) is 16.3 Å². The van der Waals surface area contributed by atoms with Crippen LogP contribution in [0.4, 0.5) is 0 Å². The molecule has 196 valence electrons. The number of carbonyl (C=O) groups excluding carboxylic acids is 1. The number of rotatable bonds is 7. The molecule has 2 aromatic heterocycles. The number of aromatic nitrogens is 2. The largest absolute Gasteiger partial charge is 0.506 e. The number of hydrogen-bond donors (Lipinski definition) is 2. The number of hydrogen-bond acceptors (Lipinski definition) is 8. The van der Waals surface area contributed by atoms with Crippen molar-refractivity contribution in [2.75, 3.05) is 12.9 Å². The van der Waals surface area contributed by atoms with Gasteiger partial charge < -0.3 is 9.84 Å². The van der Waals surface area contributed by atoms with Gasteiger partial charge in [0.05, 0.1) is 34.6 Å². The predicted octanol–water partition coefficient (Wildman–Crippen LogP) is 5.81. The van der Waals surface area contributed by atoms with Gasteiger partial charge in [-0.2, -0.15) is 5.10 Å². The average Bonchev–Trinajstić information content (AvgIpc) is 3.29. The van der Waals surface area contributed by atoms with Gasteiger partial charge in [0.15, 0.2) is 5.16 Å². The van der Waals surface area contributed by atoms with E-state index in [0.717, 1.165) is 35.7 Å². The van der Waals surface area contributed by atoms with Gasteiger partial charge in [0.25, 0.3) is 11.5 Å². The second-order valence-electron chi connectivity index (χ2n) is 8.53. The van der Waals surface area contributed by atoms with E-state index in [2.05, 4.69) is 42.4 Å². The number of fused-ring (bicyclic) bond motifs is 3. The number of methoxy groups -OCH3 is 1. The summed E-state index contributed by atoms with van der Waals surface area (Å²) in [5.41, 5.74) is 4.54. The molecule has 0 bridgehead atoms. The van der Waals surface area contributed by atoms with Gasteiger partial charge in [0.2, 0.25) is 0 Å². The summed E-state index contributed by atoms with van der Waals surface area (Å²) >= 11 is 9.37. The highest BCUT2D eigenvalue weighted by Gasteiger charge is 2.23. The summed E-state index contributed by atoms with van der Waals surface area (Å²) in [5.74, 6) is 0.310. The molecule has 2 heterocycles. The number of nitrogens with zero attached hydrogens (tertiary/aromatic N) is 3. The first-order chi connectivity index (χ1) is 18.4. The molecule has 1 aliphatic rings. The molecular formula is C26H22Br2N4O4S2. The lowest BCUT2D eigenvalue weighted by Gasteiger charge is -2.14. The van der Waals surface area contributed by atoms with Gasteiger partial charge in [-0.1, -0.05) is 27.7 Å². The fourth-order valence-electron chi connectivity index (χ4n) is 4.26. The monoisotopic (exact) mass is 676 g/mol. The van der Waals surface area contributed by atoms with Gasteiger partial charge in [0, 0.05) is 14.9 Å². The Labute approximate surface area is 243 Å². The Morgan fingerprint density at radius 2 is 2.03 bits per heavy atom. The van der Waals surface area contributed by atoms with E-state index >= 15 is 0 Å². The molecule has 0 atom stereocenters. The highest BCUT2D eigenvalue weighted by atomic mass is 79.9. The number of halogens is 2. The van der Waals surface area contributed by atoms with Crippen molar-refractivity contribution in [2.45, 2.75) is 30.8 Å². The molecule has 38 heavy (non-hydrogen) atoms. The number of thiophene rings is 1. The Balaban J connectivity index is 1.42. The van der Waals surface area contributed by atoms with Gasteiger partial charge in [-0.05, 0) is 83.6 Å². The van der Waals surface area contributed by atoms with Crippen molar-refractivity contribution >= 4 is 77.3 Å². The number of thioether (sulfide) groups is 1. The molecule has 0 radical (unpaired) electrons. The molecule has 1 amide bonds. The van der Waals surface area contributed by atoms with Crippen LogP contribution in [0.1, 0.15) is 28.8 Å². The summed E-state index contributed by atoms with van der Waals surface area (Å²) in [5, 5.41) is 15.2. The number of nitrogens with one attached hydrogen (secondary N) is 1. The zero-order valence-corrected chi connectivity index (χ0v) is 25.0. The Kier molecular flexibility index (Phi) is 8.22. The molecule has 0 fully saturated rings. The van der Waals surface area contributed by atoms with E-state index in [4.69, 9.17) is 9.72 Å². The van der Waals surface area contributed by atoms with Gasteiger partial charge in [-0.3, -0.25) is 14.2 Å². The molecule has 0 saturated carbocycles. The Hall–Kier alpha value is -2.67. The lowest BCUT2D eigenvalue weighted by Crippen LogP contribution is -2.24. The minimum atomic E-state index is -0.374. The van der Waals surface area contributed by atoms with E-state index in [1.807, 2.05) is 12.1 Å². The maximum atomic E-state index is 13.8. The van der Waals surface area contributed by atoms with Gasteiger partial charge in [-0.15, -0.1) is 11.3 Å². The Bertz CT molecular complexity index is 1620. The quantitative estimate of drug-likeness (QED) is 0.111. The number of phenolic OH excluding ortho intramolecular Hbond substituents is 1. The number of hydrazone groups is 1. The van der Waals surface area contributed by atoms with Crippen LogP contribution in [0.25, 0.3) is 15.9 Å². The van der Waals surface area contributed by atoms with Crippen LogP contribution in [0.15, 0.2) is 60.4 Å². The first-order valence-corrected chi connectivity index (χ1v) is 15.1. The van der Waals surface area contributed by atoms with Crippen LogP contribution in [0, 0.1) is 0 Å². The molecular weight excluding hydrogens is 656 g/mol. The van der Waals surface area contributed by atoms with Crippen molar-refractivity contribution in [1.29, 1.82) is 0 Å². The zero-order chi connectivity index (χ0) is 26.8. The summed E-state index contributed by atoms with van der Waals surface area (Å²) in [7, 11) is 1.59. The molecule has 4 aromatic rings. The topological polar surface area (TPSA) is 106 Å². The fourth-order valence-corrected chi connectivity index (χ4v) is 7.63. The van der Waals surface area contributed by atoms with Crippen LogP contribution in [0.5, 0.6) is 11.5 Å². The molecule has 0 saturated heterocycles. The highest BCUT2D eigenvalue weighted by molar-refractivity contribution is 9.11. The molecule has 5 rings (SSSR count). The number of aromatic hydroxyl groups is 1. The SMILES string of the molecule is COc1ccc(-n2c(SCC(=O)NN=Cc3cc(Br)cc(Br)c3O)nc3sc4c(c3c2=O)CCCC4)cc1. The lowest BCUT2D eigenvalue weighted by atomic mass is 9.97. The molecule has 8 nitrogen and oxygen atoms in total. The number of amides is 1. The van der Waals surface area contributed by atoms with E-state index in [9.17, 15) is 14.7 Å². The minimum Gasteiger partial charge on any atom is -0.506 e. The van der Waals surface area contributed by atoms with Crippen LogP contribution in [-0.2, 0) is 17.6 Å². The van der Waals surface area contributed by atoms with E-state index in [-0.39, 0.29) is 23.0 Å². The molecule has 0 unspecified atom stereocenters. The number of ether oxygens (including phenoxy) is 1. The standard InChI is InChI=1S/C26H22Br2N4O4S2/c1-36-17-8-6-16(7-9-17)32-25(35)22-18-4-2-3-5-20(18)38-24(22)30-26(32)37-13-21(33)31-29-12-14-10-15(27)11-19(28)23(14)34/h6-12,34H,2-5,13H2,1H3,(H,31,33). The van der Waals surface area contributed by atoms with Crippen LogP contribution in [0.2, 0.25) is 0 Å². The molecule has 0 aliphatic heterocycles. The van der Waals surface area contributed by atoms with Crippen molar-refractivity contribution in [1.82, 2.24) is 15.0 Å². The van der Waals surface area contributed by atoms with Crippen LogP contribution >= 0.6 is 55.0 Å². The van der Waals surface area contributed by atoms with E-state index in [1.165, 1.54) is 22.9 Å². The second-order valence-corrected chi connectivity index (χ2v) is 12.3. The summed E-state index contributed by atoms with van der Waals surface area (Å²) in [6, 6.07) is 10.6. The smallest absolute Gasteiger partial charge is 0.267 e. The Morgan fingerprint density at radius 3 is 2.79 bits per heavy atom. The normalized spacial score (nSPS) is 13.1. The molecule has 2 aromatic carbocycles. The molecule has 1 aliphatic carbocycles. The van der Waals surface area contributed by atoms with Crippen molar-refractivity contribution in [3.05, 3.63) is 71.7 Å².